The third-order valence-electron chi connectivity index (χ3n) is 2.01. The van der Waals surface area contributed by atoms with Crippen LogP contribution < -0.4 is 4.90 Å². The molecule has 2 heterocycles. The standard InChI is InChI=1S/C9H11NOS3/c11-7-8-1-2-9(14-8)10-3-5-12-13-6-4-10/h1-2,7H,3-6H2. The minimum atomic E-state index is 0.824. The predicted octanol–water partition coefficient (Wildman–Crippen LogP) is 2.76. The summed E-state index contributed by atoms with van der Waals surface area (Å²) in [5.74, 6) is 2.33. The number of thiophene rings is 1. The maximum atomic E-state index is 10.6. The van der Waals surface area contributed by atoms with Gasteiger partial charge in [-0.25, -0.2) is 0 Å². The molecule has 1 aromatic heterocycles. The molecule has 76 valence electrons. The molecule has 0 aromatic carbocycles. The van der Waals surface area contributed by atoms with Gasteiger partial charge in [0, 0.05) is 24.6 Å². The third kappa shape index (κ3) is 2.46. The van der Waals surface area contributed by atoms with Crippen LogP contribution in [-0.2, 0) is 0 Å². The molecule has 14 heavy (non-hydrogen) atoms. The van der Waals surface area contributed by atoms with E-state index in [4.69, 9.17) is 0 Å². The number of carbonyl (C=O) groups excluding carboxylic acids is 1. The van der Waals surface area contributed by atoms with Gasteiger partial charge in [-0.1, -0.05) is 21.6 Å². The van der Waals surface area contributed by atoms with Gasteiger partial charge in [-0.3, -0.25) is 4.79 Å². The first-order valence-corrected chi connectivity index (χ1v) is 7.75. The Morgan fingerprint density at radius 2 is 1.93 bits per heavy atom. The zero-order valence-corrected chi connectivity index (χ0v) is 10.1. The van der Waals surface area contributed by atoms with Gasteiger partial charge in [0.2, 0.25) is 0 Å². The Kier molecular flexibility index (Phi) is 3.78. The van der Waals surface area contributed by atoms with Crippen molar-refractivity contribution in [3.8, 4) is 0 Å². The lowest BCUT2D eigenvalue weighted by atomic mass is 10.4. The van der Waals surface area contributed by atoms with Gasteiger partial charge in [0.15, 0.2) is 6.29 Å². The van der Waals surface area contributed by atoms with Crippen LogP contribution in [0.4, 0.5) is 5.00 Å². The van der Waals surface area contributed by atoms with Crippen molar-refractivity contribution in [2.45, 2.75) is 0 Å². The summed E-state index contributed by atoms with van der Waals surface area (Å²) < 4.78 is 0. The molecule has 0 N–H and O–H groups in total. The summed E-state index contributed by atoms with van der Waals surface area (Å²) in [4.78, 5) is 13.7. The van der Waals surface area contributed by atoms with Gasteiger partial charge in [0.05, 0.1) is 9.88 Å². The van der Waals surface area contributed by atoms with Gasteiger partial charge in [0.1, 0.15) is 0 Å². The minimum Gasteiger partial charge on any atom is -0.362 e. The number of rotatable bonds is 2. The second kappa shape index (κ2) is 5.09. The van der Waals surface area contributed by atoms with Crippen LogP contribution in [0.25, 0.3) is 0 Å². The van der Waals surface area contributed by atoms with E-state index in [1.54, 1.807) is 11.3 Å². The van der Waals surface area contributed by atoms with Crippen LogP contribution in [-0.4, -0.2) is 30.9 Å². The van der Waals surface area contributed by atoms with Crippen LogP contribution in [0.15, 0.2) is 12.1 Å². The number of hydrogen-bond donors (Lipinski definition) is 0. The SMILES string of the molecule is O=Cc1ccc(N2CCSSCC2)s1. The van der Waals surface area contributed by atoms with Crippen LogP contribution in [0.2, 0.25) is 0 Å². The predicted molar refractivity (Wildman–Crippen MR) is 66.8 cm³/mol. The van der Waals surface area contributed by atoms with Gasteiger partial charge in [-0.15, -0.1) is 11.3 Å². The molecule has 1 saturated heterocycles. The van der Waals surface area contributed by atoms with Crippen LogP contribution in [0.5, 0.6) is 0 Å². The Labute approximate surface area is 95.5 Å². The van der Waals surface area contributed by atoms with E-state index in [-0.39, 0.29) is 0 Å². The van der Waals surface area contributed by atoms with Crippen molar-refractivity contribution in [2.75, 3.05) is 29.5 Å². The average molecular weight is 245 g/mol. The number of nitrogens with zero attached hydrogens (tertiary/aromatic N) is 1. The van der Waals surface area contributed by atoms with Crippen LogP contribution in [0.1, 0.15) is 9.67 Å². The van der Waals surface area contributed by atoms with Gasteiger partial charge >= 0.3 is 0 Å². The molecule has 0 radical (unpaired) electrons. The number of hydrogen-bond acceptors (Lipinski definition) is 5. The van der Waals surface area contributed by atoms with E-state index in [1.165, 1.54) is 16.5 Å². The number of aldehydes is 1. The summed E-state index contributed by atoms with van der Waals surface area (Å²) >= 11 is 1.59. The molecule has 2 nitrogen and oxygen atoms in total. The lowest BCUT2D eigenvalue weighted by Gasteiger charge is -2.19. The van der Waals surface area contributed by atoms with E-state index in [0.29, 0.717) is 0 Å². The van der Waals surface area contributed by atoms with Crippen molar-refractivity contribution >= 4 is 44.2 Å². The molecule has 1 aliphatic heterocycles. The van der Waals surface area contributed by atoms with Gasteiger partial charge in [-0.2, -0.15) is 0 Å². The molecule has 0 unspecified atom stereocenters. The van der Waals surface area contributed by atoms with E-state index in [0.717, 1.165) is 24.3 Å². The number of anilines is 1. The fourth-order valence-electron chi connectivity index (χ4n) is 1.32. The molecule has 0 saturated carbocycles. The first kappa shape index (κ1) is 10.4. The van der Waals surface area contributed by atoms with Gasteiger partial charge in [-0.05, 0) is 12.1 Å². The molecule has 1 fully saturated rings. The molecule has 0 amide bonds. The fourth-order valence-corrected chi connectivity index (χ4v) is 4.17. The largest absolute Gasteiger partial charge is 0.362 e. The zero-order valence-electron chi connectivity index (χ0n) is 7.64. The van der Waals surface area contributed by atoms with Crippen molar-refractivity contribution in [1.82, 2.24) is 0 Å². The maximum absolute atomic E-state index is 10.6. The molecule has 0 aliphatic carbocycles. The van der Waals surface area contributed by atoms with Crippen molar-refractivity contribution in [1.29, 1.82) is 0 Å². The molecule has 2 rings (SSSR count). The Morgan fingerprint density at radius 3 is 2.50 bits per heavy atom. The highest BCUT2D eigenvalue weighted by Crippen LogP contribution is 2.30. The van der Waals surface area contributed by atoms with E-state index >= 15 is 0 Å². The van der Waals surface area contributed by atoms with E-state index < -0.39 is 0 Å². The lowest BCUT2D eigenvalue weighted by molar-refractivity contribution is 0.112. The van der Waals surface area contributed by atoms with Crippen LogP contribution in [0, 0.1) is 0 Å². The lowest BCUT2D eigenvalue weighted by Crippen LogP contribution is -2.25. The summed E-state index contributed by atoms with van der Waals surface area (Å²) in [6.45, 7) is 2.19. The van der Waals surface area contributed by atoms with Crippen molar-refractivity contribution < 1.29 is 4.79 Å². The van der Waals surface area contributed by atoms with E-state index in [2.05, 4.69) is 11.0 Å². The summed E-state index contributed by atoms with van der Waals surface area (Å²) in [5, 5.41) is 1.23. The Hall–Kier alpha value is -0.130. The Balaban J connectivity index is 2.08. The van der Waals surface area contributed by atoms with E-state index in [1.807, 2.05) is 27.7 Å². The summed E-state index contributed by atoms with van der Waals surface area (Å²) in [5.41, 5.74) is 0. The first-order valence-electron chi connectivity index (χ1n) is 4.44. The molecular formula is C9H11NOS3. The zero-order chi connectivity index (χ0) is 9.80. The number of carbonyl (C=O) groups is 1. The quantitative estimate of drug-likeness (QED) is 0.589. The first-order chi connectivity index (χ1) is 6.90. The molecule has 1 aliphatic rings. The molecular weight excluding hydrogens is 234 g/mol. The second-order valence-electron chi connectivity index (χ2n) is 2.92. The molecule has 0 atom stereocenters. The summed E-state index contributed by atoms with van der Waals surface area (Å²) in [7, 11) is 3.87. The fraction of sp³-hybridized carbons (Fsp3) is 0.444. The van der Waals surface area contributed by atoms with Gasteiger partial charge in [0.25, 0.3) is 0 Å². The van der Waals surface area contributed by atoms with Crippen LogP contribution >= 0.6 is 32.9 Å². The molecule has 5 heteroatoms. The van der Waals surface area contributed by atoms with Crippen LogP contribution in [0.3, 0.4) is 0 Å². The van der Waals surface area contributed by atoms with Crippen molar-refractivity contribution in [2.24, 2.45) is 0 Å². The summed E-state index contributed by atoms with van der Waals surface area (Å²) in [6, 6.07) is 3.95. The maximum Gasteiger partial charge on any atom is 0.160 e. The van der Waals surface area contributed by atoms with Crippen molar-refractivity contribution in [3.05, 3.63) is 17.0 Å². The molecule has 1 aromatic rings. The minimum absolute atomic E-state index is 0.824. The molecule has 0 bridgehead atoms. The Bertz CT molecular complexity index is 305. The summed E-state index contributed by atoms with van der Waals surface area (Å²) in [6.07, 6.45) is 0.926. The third-order valence-corrected chi connectivity index (χ3v) is 5.45. The second-order valence-corrected chi connectivity index (χ2v) is 6.72. The highest BCUT2D eigenvalue weighted by atomic mass is 33.1. The normalized spacial score (nSPS) is 17.9. The van der Waals surface area contributed by atoms with E-state index in [9.17, 15) is 4.79 Å². The highest BCUT2D eigenvalue weighted by Gasteiger charge is 2.12. The topological polar surface area (TPSA) is 20.3 Å². The molecule has 0 spiro atoms. The average Bonchev–Trinajstić information content (AvgIpc) is 2.53. The van der Waals surface area contributed by atoms with Crippen molar-refractivity contribution in [3.63, 3.8) is 0 Å². The van der Waals surface area contributed by atoms with Gasteiger partial charge < -0.3 is 4.90 Å². The smallest absolute Gasteiger partial charge is 0.160 e. The Morgan fingerprint density at radius 1 is 1.21 bits per heavy atom. The highest BCUT2D eigenvalue weighted by molar-refractivity contribution is 8.76. The monoisotopic (exact) mass is 245 g/mol.